The van der Waals surface area contributed by atoms with Crippen molar-refractivity contribution >= 4 is 0 Å². The second kappa shape index (κ2) is 5.04. The van der Waals surface area contributed by atoms with E-state index in [-0.39, 0.29) is 5.60 Å². The van der Waals surface area contributed by atoms with Gasteiger partial charge in [0.15, 0.2) is 11.4 Å². The number of aromatic nitrogens is 1. The molecule has 4 nitrogen and oxygen atoms in total. The van der Waals surface area contributed by atoms with Gasteiger partial charge in [0.1, 0.15) is 6.61 Å². The average molecular weight is 282 g/mol. The van der Waals surface area contributed by atoms with Crippen LogP contribution in [0, 0.1) is 0 Å². The third-order valence-electron chi connectivity index (χ3n) is 4.18. The molecule has 2 aliphatic heterocycles. The Labute approximate surface area is 124 Å². The molecule has 2 aromatic rings. The summed E-state index contributed by atoms with van der Waals surface area (Å²) < 4.78 is 12.0. The van der Waals surface area contributed by atoms with Gasteiger partial charge in [-0.15, -0.1) is 0 Å². The molecule has 1 atom stereocenters. The molecule has 1 saturated heterocycles. The lowest BCUT2D eigenvalue weighted by molar-refractivity contribution is -0.00412. The van der Waals surface area contributed by atoms with E-state index in [4.69, 9.17) is 9.47 Å². The molecule has 0 radical (unpaired) electrons. The highest BCUT2D eigenvalue weighted by Crippen LogP contribution is 2.37. The Hall–Kier alpha value is -2.07. The first-order chi connectivity index (χ1) is 10.3. The van der Waals surface area contributed by atoms with Crippen molar-refractivity contribution in [3.8, 4) is 11.6 Å². The van der Waals surface area contributed by atoms with Gasteiger partial charge in [0.25, 0.3) is 5.88 Å². The predicted octanol–water partition coefficient (Wildman–Crippen LogP) is 2.50. The van der Waals surface area contributed by atoms with Crippen molar-refractivity contribution in [2.45, 2.75) is 18.6 Å². The number of hydrogen-bond acceptors (Lipinski definition) is 4. The van der Waals surface area contributed by atoms with Gasteiger partial charge in [0, 0.05) is 32.3 Å². The van der Waals surface area contributed by atoms with Crippen LogP contribution in [-0.2, 0) is 6.54 Å². The van der Waals surface area contributed by atoms with Crippen LogP contribution in [0.1, 0.15) is 12.0 Å². The summed E-state index contributed by atoms with van der Waals surface area (Å²) in [5.74, 6) is 1.38. The number of fused-ring (bicyclic) bond motifs is 1. The lowest BCUT2D eigenvalue weighted by Gasteiger charge is -2.34. The minimum absolute atomic E-state index is 0.217. The Morgan fingerprint density at radius 1 is 1.14 bits per heavy atom. The molecule has 1 aromatic heterocycles. The summed E-state index contributed by atoms with van der Waals surface area (Å²) in [5.41, 5.74) is 1.12. The van der Waals surface area contributed by atoms with Crippen molar-refractivity contribution in [2.24, 2.45) is 0 Å². The van der Waals surface area contributed by atoms with Gasteiger partial charge in [-0.2, -0.15) is 0 Å². The van der Waals surface area contributed by atoms with Crippen molar-refractivity contribution < 1.29 is 9.47 Å². The Balaban J connectivity index is 1.47. The molecule has 0 bridgehead atoms. The van der Waals surface area contributed by atoms with Crippen LogP contribution in [0.4, 0.5) is 0 Å². The van der Waals surface area contributed by atoms with E-state index in [1.165, 1.54) is 5.56 Å². The highest BCUT2D eigenvalue weighted by atomic mass is 16.6. The van der Waals surface area contributed by atoms with Crippen molar-refractivity contribution in [3.05, 3.63) is 54.2 Å². The maximum absolute atomic E-state index is 6.22. The van der Waals surface area contributed by atoms with E-state index in [1.54, 1.807) is 6.20 Å². The molecule has 3 heterocycles. The summed E-state index contributed by atoms with van der Waals surface area (Å²) in [4.78, 5) is 6.63. The first-order valence-electron chi connectivity index (χ1n) is 7.36. The first kappa shape index (κ1) is 12.7. The first-order valence-corrected chi connectivity index (χ1v) is 7.36. The van der Waals surface area contributed by atoms with Gasteiger partial charge in [-0.05, 0) is 17.7 Å². The van der Waals surface area contributed by atoms with Gasteiger partial charge in [-0.25, -0.2) is 4.98 Å². The van der Waals surface area contributed by atoms with E-state index >= 15 is 0 Å². The van der Waals surface area contributed by atoms with E-state index in [0.717, 1.165) is 31.8 Å². The standard InChI is InChI=1S/C17H18N2O2/c1-2-5-14(6-3-1)11-19-10-8-17(12-19)13-20-16-15(21-17)7-4-9-18-16/h1-7,9H,8,10-13H2. The topological polar surface area (TPSA) is 34.6 Å². The Kier molecular flexibility index (Phi) is 3.04. The van der Waals surface area contributed by atoms with Crippen molar-refractivity contribution in [2.75, 3.05) is 19.7 Å². The Bertz CT molecular complexity index is 632. The lowest BCUT2D eigenvalue weighted by atomic mass is 10.0. The normalized spacial score (nSPS) is 24.4. The van der Waals surface area contributed by atoms with Crippen LogP contribution >= 0.6 is 0 Å². The van der Waals surface area contributed by atoms with Crippen LogP contribution in [0.25, 0.3) is 0 Å². The minimum atomic E-state index is -0.217. The molecule has 0 saturated carbocycles. The molecule has 0 amide bonds. The van der Waals surface area contributed by atoms with Crippen LogP contribution in [0.3, 0.4) is 0 Å². The highest BCUT2D eigenvalue weighted by Gasteiger charge is 2.44. The maximum atomic E-state index is 6.22. The predicted molar refractivity (Wildman–Crippen MR) is 79.4 cm³/mol. The van der Waals surface area contributed by atoms with Gasteiger partial charge in [-0.3, -0.25) is 4.90 Å². The average Bonchev–Trinajstić information content (AvgIpc) is 2.90. The number of benzene rings is 1. The number of ether oxygens (including phenoxy) is 2. The number of likely N-dealkylation sites (tertiary alicyclic amines) is 1. The number of rotatable bonds is 2. The van der Waals surface area contributed by atoms with E-state index in [0.29, 0.717) is 12.5 Å². The van der Waals surface area contributed by atoms with Crippen LogP contribution in [0.5, 0.6) is 11.6 Å². The Morgan fingerprint density at radius 3 is 2.95 bits per heavy atom. The SMILES string of the molecule is c1ccc(CN2CCC3(COc4ncccc4O3)C2)cc1. The molecule has 4 rings (SSSR count). The zero-order valence-corrected chi connectivity index (χ0v) is 11.9. The van der Waals surface area contributed by atoms with Gasteiger partial charge in [-0.1, -0.05) is 30.3 Å². The molecule has 108 valence electrons. The molecule has 1 unspecified atom stereocenters. The van der Waals surface area contributed by atoms with Crippen LogP contribution in [0.2, 0.25) is 0 Å². The summed E-state index contributed by atoms with van der Waals surface area (Å²) in [6, 6.07) is 14.4. The molecular weight excluding hydrogens is 264 g/mol. The molecule has 4 heteroatoms. The molecular formula is C17H18N2O2. The van der Waals surface area contributed by atoms with E-state index in [2.05, 4.69) is 40.2 Å². The van der Waals surface area contributed by atoms with E-state index < -0.39 is 0 Å². The molecule has 2 aliphatic rings. The van der Waals surface area contributed by atoms with Crippen molar-refractivity contribution in [3.63, 3.8) is 0 Å². The highest BCUT2D eigenvalue weighted by molar-refractivity contribution is 5.35. The molecule has 1 fully saturated rings. The van der Waals surface area contributed by atoms with Crippen LogP contribution in [0.15, 0.2) is 48.7 Å². The Morgan fingerprint density at radius 2 is 2.05 bits per heavy atom. The molecule has 21 heavy (non-hydrogen) atoms. The van der Waals surface area contributed by atoms with Gasteiger partial charge in [0.2, 0.25) is 0 Å². The molecule has 0 aliphatic carbocycles. The van der Waals surface area contributed by atoms with Crippen LogP contribution < -0.4 is 9.47 Å². The molecule has 1 aromatic carbocycles. The fourth-order valence-electron chi connectivity index (χ4n) is 3.13. The molecule has 1 spiro atoms. The summed E-state index contributed by atoms with van der Waals surface area (Å²) >= 11 is 0. The fraction of sp³-hybridized carbons (Fsp3) is 0.353. The molecule has 0 N–H and O–H groups in total. The zero-order chi connectivity index (χ0) is 14.1. The largest absolute Gasteiger partial charge is 0.477 e. The van der Waals surface area contributed by atoms with E-state index in [9.17, 15) is 0 Å². The third kappa shape index (κ3) is 2.47. The van der Waals surface area contributed by atoms with Crippen molar-refractivity contribution in [1.82, 2.24) is 9.88 Å². The number of pyridine rings is 1. The van der Waals surface area contributed by atoms with Crippen molar-refractivity contribution in [1.29, 1.82) is 0 Å². The summed E-state index contributed by atoms with van der Waals surface area (Å²) in [6.45, 7) is 3.48. The third-order valence-corrected chi connectivity index (χ3v) is 4.18. The second-order valence-electron chi connectivity index (χ2n) is 5.83. The quantitative estimate of drug-likeness (QED) is 0.847. The smallest absolute Gasteiger partial charge is 0.257 e. The van der Waals surface area contributed by atoms with Gasteiger partial charge >= 0.3 is 0 Å². The van der Waals surface area contributed by atoms with Gasteiger partial charge < -0.3 is 9.47 Å². The summed E-state index contributed by atoms with van der Waals surface area (Å²) in [6.07, 6.45) is 2.73. The van der Waals surface area contributed by atoms with E-state index in [1.807, 2.05) is 12.1 Å². The summed E-state index contributed by atoms with van der Waals surface area (Å²) in [5, 5.41) is 0. The monoisotopic (exact) mass is 282 g/mol. The second-order valence-corrected chi connectivity index (χ2v) is 5.83. The lowest BCUT2D eigenvalue weighted by Crippen LogP contribution is -2.47. The maximum Gasteiger partial charge on any atom is 0.257 e. The number of nitrogens with zero attached hydrogens (tertiary/aromatic N) is 2. The summed E-state index contributed by atoms with van der Waals surface area (Å²) in [7, 11) is 0. The minimum Gasteiger partial charge on any atom is -0.477 e. The van der Waals surface area contributed by atoms with Crippen LogP contribution in [-0.4, -0.2) is 35.2 Å². The van der Waals surface area contributed by atoms with Gasteiger partial charge in [0.05, 0.1) is 0 Å². The fourth-order valence-corrected chi connectivity index (χ4v) is 3.13. The number of hydrogen-bond donors (Lipinski definition) is 0. The zero-order valence-electron chi connectivity index (χ0n) is 11.9.